The predicted octanol–water partition coefficient (Wildman–Crippen LogP) is 5.27. The number of fused-ring (bicyclic) bond motifs is 1. The minimum Gasteiger partial charge on any atom is -0.497 e. The molecule has 1 aliphatic rings. The van der Waals surface area contributed by atoms with E-state index in [0.29, 0.717) is 19.5 Å². The summed E-state index contributed by atoms with van der Waals surface area (Å²) in [5, 5.41) is 0.717. The summed E-state index contributed by atoms with van der Waals surface area (Å²) in [5.41, 5.74) is 4.01. The third kappa shape index (κ3) is 3.77. The molecule has 1 fully saturated rings. The van der Waals surface area contributed by atoms with Crippen LogP contribution >= 0.6 is 11.6 Å². The van der Waals surface area contributed by atoms with Crippen LogP contribution < -0.4 is 9.64 Å². The van der Waals surface area contributed by atoms with E-state index in [1.807, 2.05) is 71.6 Å². The molecule has 0 unspecified atom stereocenters. The maximum atomic E-state index is 12.9. The van der Waals surface area contributed by atoms with Crippen LogP contribution in [-0.2, 0) is 11.3 Å². The summed E-state index contributed by atoms with van der Waals surface area (Å²) in [4.78, 5) is 19.7. The number of carbonyl (C=O) groups excluding carboxylic acids is 1. The first-order chi connectivity index (χ1) is 15.1. The average Bonchev–Trinajstić information content (AvgIpc) is 3.36. The fourth-order valence-corrected chi connectivity index (χ4v) is 4.38. The van der Waals surface area contributed by atoms with E-state index in [1.165, 1.54) is 0 Å². The fourth-order valence-electron chi connectivity index (χ4n) is 4.25. The van der Waals surface area contributed by atoms with Gasteiger partial charge in [-0.05, 0) is 42.0 Å². The summed E-state index contributed by atoms with van der Waals surface area (Å²) in [6.45, 7) is 1.27. The maximum absolute atomic E-state index is 12.9. The van der Waals surface area contributed by atoms with Crippen LogP contribution in [0.2, 0.25) is 5.02 Å². The number of rotatable bonds is 5. The van der Waals surface area contributed by atoms with Crippen LogP contribution in [0.5, 0.6) is 5.75 Å². The molecule has 0 aliphatic carbocycles. The lowest BCUT2D eigenvalue weighted by Crippen LogP contribution is -2.24. The molecule has 3 aromatic carbocycles. The highest BCUT2D eigenvalue weighted by molar-refractivity contribution is 6.30. The summed E-state index contributed by atoms with van der Waals surface area (Å²) < 4.78 is 7.56. The van der Waals surface area contributed by atoms with Crippen LogP contribution in [-0.4, -0.2) is 29.1 Å². The lowest BCUT2D eigenvalue weighted by atomic mass is 10.1. The van der Waals surface area contributed by atoms with Crippen molar-refractivity contribution >= 4 is 34.2 Å². The molecule has 31 heavy (non-hydrogen) atoms. The van der Waals surface area contributed by atoms with Crippen LogP contribution in [0.3, 0.4) is 0 Å². The summed E-state index contributed by atoms with van der Waals surface area (Å²) in [7, 11) is 1.63. The molecule has 2 heterocycles. The Hall–Kier alpha value is -3.31. The van der Waals surface area contributed by atoms with Gasteiger partial charge in [0.25, 0.3) is 0 Å². The number of hydrogen-bond acceptors (Lipinski definition) is 3. The van der Waals surface area contributed by atoms with Crippen molar-refractivity contribution in [2.24, 2.45) is 0 Å². The number of benzene rings is 3. The third-order valence-electron chi connectivity index (χ3n) is 5.79. The molecule has 0 radical (unpaired) electrons. The number of amides is 1. The number of imidazole rings is 1. The molecule has 0 spiro atoms. The van der Waals surface area contributed by atoms with E-state index < -0.39 is 0 Å². The van der Waals surface area contributed by atoms with Crippen LogP contribution in [0.1, 0.15) is 23.7 Å². The summed E-state index contributed by atoms with van der Waals surface area (Å²) in [5.74, 6) is 1.79. The molecule has 1 amide bonds. The second kappa shape index (κ2) is 8.08. The Balaban J connectivity index is 1.51. The number of halogens is 1. The summed E-state index contributed by atoms with van der Waals surface area (Å²) in [6.07, 6.45) is 0.432. The van der Waals surface area contributed by atoms with E-state index in [9.17, 15) is 4.79 Å². The van der Waals surface area contributed by atoms with E-state index in [-0.39, 0.29) is 11.8 Å². The first-order valence-corrected chi connectivity index (χ1v) is 10.6. The van der Waals surface area contributed by atoms with Crippen molar-refractivity contribution in [3.8, 4) is 5.75 Å². The van der Waals surface area contributed by atoms with E-state index in [1.54, 1.807) is 7.11 Å². The zero-order valence-electron chi connectivity index (χ0n) is 17.2. The lowest BCUT2D eigenvalue weighted by Gasteiger charge is -2.18. The van der Waals surface area contributed by atoms with Crippen LogP contribution in [0.25, 0.3) is 11.0 Å². The topological polar surface area (TPSA) is 47.4 Å². The van der Waals surface area contributed by atoms with Gasteiger partial charge in [-0.1, -0.05) is 41.9 Å². The first-order valence-electron chi connectivity index (χ1n) is 10.3. The summed E-state index contributed by atoms with van der Waals surface area (Å²) >= 11 is 6.06. The number of para-hydroxylation sites is 2. The Kier molecular flexibility index (Phi) is 5.12. The Morgan fingerprint density at radius 2 is 1.87 bits per heavy atom. The Bertz CT molecular complexity index is 1250. The molecular weight excluding hydrogens is 410 g/mol. The monoisotopic (exact) mass is 431 g/mol. The van der Waals surface area contributed by atoms with Crippen molar-refractivity contribution in [1.29, 1.82) is 0 Å². The first kappa shape index (κ1) is 19.6. The molecule has 6 heteroatoms. The highest BCUT2D eigenvalue weighted by Crippen LogP contribution is 2.34. The molecule has 1 saturated heterocycles. The number of anilines is 1. The van der Waals surface area contributed by atoms with Crippen molar-refractivity contribution in [2.75, 3.05) is 18.6 Å². The van der Waals surface area contributed by atoms with Gasteiger partial charge in [-0.15, -0.1) is 0 Å². The van der Waals surface area contributed by atoms with Gasteiger partial charge >= 0.3 is 0 Å². The van der Waals surface area contributed by atoms with E-state index in [0.717, 1.165) is 38.9 Å². The Labute approximate surface area is 185 Å². The number of methoxy groups -OCH3 is 1. The molecule has 156 valence electrons. The van der Waals surface area contributed by atoms with Crippen molar-refractivity contribution in [3.05, 3.63) is 89.2 Å². The molecule has 1 atom stereocenters. The van der Waals surface area contributed by atoms with Gasteiger partial charge in [0.05, 0.1) is 18.1 Å². The van der Waals surface area contributed by atoms with Crippen molar-refractivity contribution in [3.63, 3.8) is 0 Å². The van der Waals surface area contributed by atoms with Gasteiger partial charge in [0.2, 0.25) is 5.91 Å². The number of aromatic nitrogens is 2. The molecule has 4 aromatic rings. The van der Waals surface area contributed by atoms with E-state index in [4.69, 9.17) is 21.3 Å². The third-order valence-corrected chi connectivity index (χ3v) is 6.05. The molecule has 5 nitrogen and oxygen atoms in total. The second-order valence-corrected chi connectivity index (χ2v) is 8.21. The fraction of sp³-hybridized carbons (Fsp3) is 0.200. The van der Waals surface area contributed by atoms with Gasteiger partial charge in [0, 0.05) is 42.2 Å². The predicted molar refractivity (Wildman–Crippen MR) is 123 cm³/mol. The largest absolute Gasteiger partial charge is 0.497 e. The molecule has 0 saturated carbocycles. The Morgan fingerprint density at radius 1 is 1.06 bits per heavy atom. The molecule has 5 rings (SSSR count). The van der Waals surface area contributed by atoms with Crippen molar-refractivity contribution in [2.45, 2.75) is 18.9 Å². The maximum Gasteiger partial charge on any atom is 0.227 e. The minimum absolute atomic E-state index is 0.0124. The van der Waals surface area contributed by atoms with Crippen LogP contribution in [0.4, 0.5) is 5.69 Å². The number of hydrogen-bond donors (Lipinski definition) is 0. The number of ether oxygens (including phenoxy) is 1. The van der Waals surface area contributed by atoms with Gasteiger partial charge in [-0.3, -0.25) is 4.79 Å². The average molecular weight is 432 g/mol. The highest BCUT2D eigenvalue weighted by Gasteiger charge is 2.35. The molecule has 1 aromatic heterocycles. The smallest absolute Gasteiger partial charge is 0.227 e. The number of carbonyl (C=O) groups is 1. The van der Waals surface area contributed by atoms with Crippen molar-refractivity contribution < 1.29 is 9.53 Å². The lowest BCUT2D eigenvalue weighted by molar-refractivity contribution is -0.117. The van der Waals surface area contributed by atoms with Crippen LogP contribution in [0, 0.1) is 0 Å². The van der Waals surface area contributed by atoms with Gasteiger partial charge in [-0.25, -0.2) is 4.98 Å². The highest BCUT2D eigenvalue weighted by atomic mass is 35.5. The van der Waals surface area contributed by atoms with Gasteiger partial charge in [0.15, 0.2) is 0 Å². The van der Waals surface area contributed by atoms with Gasteiger partial charge < -0.3 is 14.2 Å². The second-order valence-electron chi connectivity index (χ2n) is 7.78. The van der Waals surface area contributed by atoms with Crippen molar-refractivity contribution in [1.82, 2.24) is 9.55 Å². The number of nitrogens with zero attached hydrogens (tertiary/aromatic N) is 3. The molecular formula is C25H22ClN3O2. The SMILES string of the molecule is COc1cccc(N2C[C@H](c3nc4ccccc4n3Cc3ccc(Cl)cc3)CC2=O)c1. The minimum atomic E-state index is 0.0124. The van der Waals surface area contributed by atoms with Gasteiger partial charge in [0.1, 0.15) is 11.6 Å². The molecule has 0 N–H and O–H groups in total. The Morgan fingerprint density at radius 3 is 2.68 bits per heavy atom. The van der Waals surface area contributed by atoms with E-state index in [2.05, 4.69) is 10.6 Å². The molecule has 1 aliphatic heterocycles. The summed E-state index contributed by atoms with van der Waals surface area (Å²) in [6, 6.07) is 23.6. The van der Waals surface area contributed by atoms with Crippen LogP contribution in [0.15, 0.2) is 72.8 Å². The quantitative estimate of drug-likeness (QED) is 0.432. The zero-order chi connectivity index (χ0) is 21.4. The molecule has 0 bridgehead atoms. The normalized spacial score (nSPS) is 16.3. The van der Waals surface area contributed by atoms with Gasteiger partial charge in [-0.2, -0.15) is 0 Å². The standard InChI is InChI=1S/C25H22ClN3O2/c1-31-21-6-4-5-20(14-21)28-16-18(13-24(28)30)25-27-22-7-2-3-8-23(22)29(25)15-17-9-11-19(26)12-10-17/h2-12,14,18H,13,15-16H2,1H3/t18-/m1/s1. The zero-order valence-corrected chi connectivity index (χ0v) is 17.9. The van der Waals surface area contributed by atoms with E-state index >= 15 is 0 Å².